The van der Waals surface area contributed by atoms with E-state index < -0.39 is 159 Å². The molecule has 21 atom stereocenters. The number of hydrogen-bond acceptors (Lipinski definition) is 16. The van der Waals surface area contributed by atoms with Crippen LogP contribution in [0.5, 0.6) is 0 Å². The van der Waals surface area contributed by atoms with Gasteiger partial charge in [-0.1, -0.05) is 39.8 Å². The number of benzene rings is 1. The normalized spacial score (nSPS) is 53.0. The Hall–Kier alpha value is -4.29. The molecule has 0 radical (unpaired) electrons. The van der Waals surface area contributed by atoms with Gasteiger partial charge in [0.05, 0.1) is 34.8 Å². The quantitative estimate of drug-likeness (QED) is 0.163. The first-order valence-corrected chi connectivity index (χ1v) is 20.4. The topological polar surface area (TPSA) is 236 Å². The highest BCUT2D eigenvalue weighted by molar-refractivity contribution is 6.21. The molecule has 3 N–H and O–H groups in total. The summed E-state index contributed by atoms with van der Waals surface area (Å²) >= 11 is 0. The molecule has 5 saturated carbocycles. The Morgan fingerprint density at radius 3 is 1.95 bits per heavy atom. The SMILES string of the molecule is CC(=O)O[C@H]1C2C([C@@H]3[C@@H](O)[C@@H]4[C@H]([C@H](C)[C@H]5N(N6C(=O)c7ccccc7C6=O)[C@]56OC(=O)[C@@](C)(O)[C@]46C)[C@@]3(C)[C@H]1OC(C)=O)[C@@H](O)C(=O)[C@H]1C[C@@H]3O[C@@H]3[C@H](OC(C)=O)[C@]21C. The van der Waals surface area contributed by atoms with Crippen molar-refractivity contribution in [2.45, 2.75) is 122 Å². The summed E-state index contributed by atoms with van der Waals surface area (Å²) in [6, 6.07) is 5.29. The van der Waals surface area contributed by atoms with E-state index in [4.69, 9.17) is 23.7 Å². The first-order valence-electron chi connectivity index (χ1n) is 20.4. The molecule has 0 aromatic heterocycles. The summed E-state index contributed by atoms with van der Waals surface area (Å²) in [4.78, 5) is 96.3. The molecule has 5 aliphatic carbocycles. The maximum absolute atomic E-state index is 14.7. The number of hydrogen-bond donors (Lipinski definition) is 3. The molecule has 4 aliphatic heterocycles. The lowest BCUT2D eigenvalue weighted by molar-refractivity contribution is -0.273. The standard InChI is InChI=1S/C42H48N2O15/c1-14-23-26(40(7)41(8,54)37(53)59-42(40)32(14)44(42)43-35(51)18-11-9-10-12-19(18)36(43)52)29(50)24-22-25(31(55-15(2)45)34(39(23,24)6)57-17(4)47)38(5)20(27(48)28(22)49)13-21-30(58-21)33(38)56-16(3)46/h9-12,14,20-26,28-34,49-50,54H,13H2,1-8H3/t14-,20+,21-,22?,23-,24+,25?,26-,28+,29+,30-,31-,32+,33-,34-,38-,39+,40-,41+,42-,44?/m0/s1. The lowest BCUT2D eigenvalue weighted by Crippen LogP contribution is -2.74. The molecular weight excluding hydrogens is 772 g/mol. The molecule has 316 valence electrons. The van der Waals surface area contributed by atoms with Crippen LogP contribution in [-0.4, -0.2) is 127 Å². The first-order chi connectivity index (χ1) is 27.6. The molecule has 0 bridgehead atoms. The van der Waals surface area contributed by atoms with Crippen molar-refractivity contribution in [1.82, 2.24) is 10.0 Å². The fourth-order valence-electron chi connectivity index (χ4n) is 15.0. The number of amides is 2. The van der Waals surface area contributed by atoms with Crippen molar-refractivity contribution in [3.05, 3.63) is 35.4 Å². The number of nitrogens with zero attached hydrogens (tertiary/aromatic N) is 2. The van der Waals surface area contributed by atoms with Crippen molar-refractivity contribution in [3.63, 3.8) is 0 Å². The van der Waals surface area contributed by atoms with Crippen LogP contribution in [0.15, 0.2) is 24.3 Å². The number of aliphatic hydroxyl groups excluding tert-OH is 2. The van der Waals surface area contributed by atoms with E-state index in [1.165, 1.54) is 44.8 Å². The van der Waals surface area contributed by atoms with Gasteiger partial charge in [0.1, 0.15) is 30.5 Å². The van der Waals surface area contributed by atoms with Crippen LogP contribution in [0.3, 0.4) is 0 Å². The number of aliphatic hydroxyl groups is 3. The molecule has 3 saturated heterocycles. The molecule has 1 aromatic carbocycles. The van der Waals surface area contributed by atoms with Crippen LogP contribution in [0.4, 0.5) is 0 Å². The van der Waals surface area contributed by atoms with E-state index in [0.29, 0.717) is 0 Å². The number of esters is 4. The van der Waals surface area contributed by atoms with Crippen molar-refractivity contribution in [2.24, 2.45) is 57.7 Å². The minimum Gasteiger partial charge on any atom is -0.459 e. The number of fused-ring (bicyclic) bond motifs is 10. The van der Waals surface area contributed by atoms with Crippen molar-refractivity contribution < 1.29 is 72.6 Å². The van der Waals surface area contributed by atoms with Crippen LogP contribution in [0, 0.1) is 57.7 Å². The van der Waals surface area contributed by atoms with Crippen LogP contribution in [0.25, 0.3) is 0 Å². The summed E-state index contributed by atoms with van der Waals surface area (Å²) < 4.78 is 30.7. The Kier molecular flexibility index (Phi) is 7.61. The number of carbonyl (C=O) groups excluding carboxylic acids is 7. The summed E-state index contributed by atoms with van der Waals surface area (Å²) in [7, 11) is 0. The van der Waals surface area contributed by atoms with Crippen molar-refractivity contribution in [1.29, 1.82) is 0 Å². The van der Waals surface area contributed by atoms with Crippen molar-refractivity contribution >= 4 is 41.5 Å². The maximum Gasteiger partial charge on any atom is 0.340 e. The number of imide groups is 1. The summed E-state index contributed by atoms with van der Waals surface area (Å²) in [5.74, 6) is -12.4. The van der Waals surface area contributed by atoms with Gasteiger partial charge in [0.25, 0.3) is 11.8 Å². The summed E-state index contributed by atoms with van der Waals surface area (Å²) in [5, 5.41) is 40.5. The van der Waals surface area contributed by atoms with Gasteiger partial charge in [-0.15, -0.1) is 0 Å². The Morgan fingerprint density at radius 1 is 0.797 bits per heavy atom. The van der Waals surface area contributed by atoms with Gasteiger partial charge >= 0.3 is 23.9 Å². The van der Waals surface area contributed by atoms with E-state index in [-0.39, 0.29) is 17.5 Å². The van der Waals surface area contributed by atoms with Crippen LogP contribution < -0.4 is 0 Å². The molecule has 2 amide bonds. The largest absolute Gasteiger partial charge is 0.459 e. The fourth-order valence-corrected chi connectivity index (χ4v) is 15.0. The molecule has 1 spiro atoms. The third-order valence-corrected chi connectivity index (χ3v) is 17.1. The predicted octanol–water partition coefficient (Wildman–Crippen LogP) is 0.550. The van der Waals surface area contributed by atoms with Crippen LogP contribution in [0.1, 0.15) is 82.5 Å². The van der Waals surface area contributed by atoms with Gasteiger partial charge in [-0.25, -0.2) is 4.79 Å². The smallest absolute Gasteiger partial charge is 0.340 e. The molecule has 17 heteroatoms. The second-order valence-corrected chi connectivity index (χ2v) is 19.3. The van der Waals surface area contributed by atoms with Crippen LogP contribution >= 0.6 is 0 Å². The average molecular weight is 821 g/mol. The highest BCUT2D eigenvalue weighted by atomic mass is 16.6. The summed E-state index contributed by atoms with van der Waals surface area (Å²) in [6.45, 7) is 11.7. The van der Waals surface area contributed by atoms with E-state index in [1.807, 2.05) is 0 Å². The monoisotopic (exact) mass is 820 g/mol. The van der Waals surface area contributed by atoms with Crippen LogP contribution in [0.2, 0.25) is 0 Å². The van der Waals surface area contributed by atoms with E-state index in [9.17, 15) is 48.9 Å². The molecule has 59 heavy (non-hydrogen) atoms. The van der Waals surface area contributed by atoms with E-state index in [1.54, 1.807) is 39.8 Å². The Morgan fingerprint density at radius 2 is 1.37 bits per heavy atom. The van der Waals surface area contributed by atoms with Gasteiger partial charge in [0.2, 0.25) is 5.72 Å². The fraction of sp³-hybridized carbons (Fsp3) is 0.690. The number of hydrazine groups is 1. The van der Waals surface area contributed by atoms with E-state index in [2.05, 4.69) is 0 Å². The van der Waals surface area contributed by atoms with Crippen molar-refractivity contribution in [3.8, 4) is 0 Å². The molecule has 8 fully saturated rings. The van der Waals surface area contributed by atoms with Gasteiger partial charge in [-0.05, 0) is 37.3 Å². The van der Waals surface area contributed by atoms with Gasteiger partial charge < -0.3 is 39.0 Å². The predicted molar refractivity (Wildman–Crippen MR) is 193 cm³/mol. The van der Waals surface area contributed by atoms with Crippen molar-refractivity contribution in [2.75, 3.05) is 0 Å². The third-order valence-electron chi connectivity index (χ3n) is 17.1. The minimum atomic E-state index is -2.36. The Balaban J connectivity index is 1.19. The average Bonchev–Trinajstić information content (AvgIpc) is 4.02. The molecule has 3 unspecified atom stereocenters. The molecule has 10 rings (SSSR count). The zero-order valence-electron chi connectivity index (χ0n) is 33.8. The van der Waals surface area contributed by atoms with Gasteiger partial charge in [0, 0.05) is 61.2 Å². The Labute approximate surface area is 338 Å². The van der Waals surface area contributed by atoms with E-state index >= 15 is 0 Å². The molecule has 17 nitrogen and oxygen atoms in total. The Bertz CT molecular complexity index is 2160. The maximum atomic E-state index is 14.7. The lowest BCUT2D eigenvalue weighted by Gasteiger charge is -2.65. The highest BCUT2D eigenvalue weighted by Gasteiger charge is 2.96. The second-order valence-electron chi connectivity index (χ2n) is 19.3. The second kappa shape index (κ2) is 11.5. The molecule has 4 heterocycles. The number of epoxide rings is 1. The minimum absolute atomic E-state index is 0.133. The first kappa shape index (κ1) is 38.9. The van der Waals surface area contributed by atoms with Gasteiger partial charge in [-0.3, -0.25) is 28.8 Å². The number of ether oxygens (including phenoxy) is 5. The highest BCUT2D eigenvalue weighted by Crippen LogP contribution is 2.81. The zero-order valence-corrected chi connectivity index (χ0v) is 33.8. The number of carbonyl (C=O) groups is 7. The lowest BCUT2D eigenvalue weighted by atomic mass is 9.41. The number of rotatable bonds is 4. The summed E-state index contributed by atoms with van der Waals surface area (Å²) in [5.41, 5.74) is -8.68. The molecular formula is C42H48N2O15. The number of Topliss-reactive ketones (excluding diaryl/α,β-unsaturated/α-hetero) is 1. The van der Waals surface area contributed by atoms with Gasteiger partial charge in [0.15, 0.2) is 11.4 Å². The molecule has 1 aromatic rings. The van der Waals surface area contributed by atoms with E-state index in [0.717, 1.165) is 5.01 Å². The molecule has 9 aliphatic rings. The zero-order chi connectivity index (χ0) is 42.6. The van der Waals surface area contributed by atoms with Crippen LogP contribution in [-0.2, 0) is 47.7 Å². The summed E-state index contributed by atoms with van der Waals surface area (Å²) in [6.07, 6.45) is -8.07. The van der Waals surface area contributed by atoms with Gasteiger partial charge in [-0.2, -0.15) is 10.0 Å². The third kappa shape index (κ3) is 4.16. The number of ketones is 1.